The van der Waals surface area contributed by atoms with Gasteiger partial charge in [0.25, 0.3) is 5.91 Å². The predicted octanol–water partition coefficient (Wildman–Crippen LogP) is 0.875. The number of benzene rings is 1. The van der Waals surface area contributed by atoms with Crippen molar-refractivity contribution in [2.75, 3.05) is 19.6 Å². The highest BCUT2D eigenvalue weighted by atomic mass is 79.9. The van der Waals surface area contributed by atoms with Crippen molar-refractivity contribution in [1.29, 1.82) is 0 Å². The number of rotatable bonds is 9. The molecule has 0 radical (unpaired) electrons. The minimum atomic E-state index is -1.34. The number of hydrogen-bond acceptors (Lipinski definition) is 7. The van der Waals surface area contributed by atoms with E-state index >= 15 is 0 Å². The number of aromatic amines is 1. The van der Waals surface area contributed by atoms with Gasteiger partial charge in [0.1, 0.15) is 12.3 Å². The normalized spacial score (nSPS) is 16.8. The van der Waals surface area contributed by atoms with E-state index < -0.39 is 36.8 Å². The van der Waals surface area contributed by atoms with Crippen LogP contribution in [0.4, 0.5) is 9.18 Å². The van der Waals surface area contributed by atoms with Gasteiger partial charge in [-0.1, -0.05) is 45.4 Å². The first-order valence-corrected chi connectivity index (χ1v) is 13.3. The third-order valence-electron chi connectivity index (χ3n) is 5.37. The monoisotopic (exact) mass is 668 g/mol. The Labute approximate surface area is 239 Å². The van der Waals surface area contributed by atoms with E-state index in [1.54, 1.807) is 24.4 Å². The third kappa shape index (κ3) is 8.92. The SMILES string of the molecule is C=C(/C=c1/[nH]nc/c1=C(/CC)NC1=NCC(F)CN1)C(=O)NCC(=O)NC(NC(=O)O)c1cc(Br)cc(Br)c1. The lowest BCUT2D eigenvalue weighted by molar-refractivity contribution is -0.124. The molecule has 0 fully saturated rings. The van der Waals surface area contributed by atoms with Crippen LogP contribution in [0.2, 0.25) is 0 Å². The van der Waals surface area contributed by atoms with Gasteiger partial charge >= 0.3 is 6.09 Å². The van der Waals surface area contributed by atoms with Gasteiger partial charge < -0.3 is 26.4 Å². The Kier molecular flexibility index (Phi) is 10.6. The Morgan fingerprint density at radius 1 is 1.26 bits per heavy atom. The van der Waals surface area contributed by atoms with E-state index in [2.05, 4.69) is 80.2 Å². The van der Waals surface area contributed by atoms with Crippen LogP contribution in [0.3, 0.4) is 0 Å². The van der Waals surface area contributed by atoms with Crippen molar-refractivity contribution in [3.63, 3.8) is 0 Å². The maximum atomic E-state index is 13.3. The lowest BCUT2D eigenvalue weighted by atomic mass is 10.1. The van der Waals surface area contributed by atoms with Gasteiger partial charge in [0.05, 0.1) is 31.2 Å². The standard InChI is InChI=1S/C24H27Br2FN8O4/c1-3-18(32-23-29-8-16(27)9-30-23)17-10-31-35-19(17)4-12(2)22(37)28-11-20(36)33-21(34-24(38)39)13-5-14(25)7-15(26)6-13/h4-7,10,16,21,34-35H,2-3,8-9,11H2,1H3,(H,28,37)(H,33,36)(H,38,39)(H2,29,30,32)/b18-17+,19-4+. The second-order valence-corrected chi connectivity index (χ2v) is 10.2. The molecular formula is C24H27Br2FN8O4. The molecule has 2 heterocycles. The smallest absolute Gasteiger partial charge is 0.406 e. The summed E-state index contributed by atoms with van der Waals surface area (Å²) in [5.74, 6) is -0.798. The Bertz CT molecular complexity index is 1390. The molecule has 7 N–H and O–H groups in total. The van der Waals surface area contributed by atoms with Gasteiger partial charge in [-0.05, 0) is 36.3 Å². The van der Waals surface area contributed by atoms with Crippen molar-refractivity contribution in [2.24, 2.45) is 4.99 Å². The highest BCUT2D eigenvalue weighted by Crippen LogP contribution is 2.23. The van der Waals surface area contributed by atoms with Gasteiger partial charge in [0.2, 0.25) is 5.91 Å². The van der Waals surface area contributed by atoms with Crippen molar-refractivity contribution in [3.8, 4) is 0 Å². The van der Waals surface area contributed by atoms with E-state index in [0.717, 1.165) is 5.70 Å². The molecule has 2 aromatic rings. The van der Waals surface area contributed by atoms with Gasteiger partial charge in [0.15, 0.2) is 5.96 Å². The number of nitrogens with zero attached hydrogens (tertiary/aromatic N) is 2. The van der Waals surface area contributed by atoms with E-state index in [9.17, 15) is 23.9 Å². The minimum Gasteiger partial charge on any atom is -0.465 e. The van der Waals surface area contributed by atoms with Crippen molar-refractivity contribution < 1.29 is 23.9 Å². The summed E-state index contributed by atoms with van der Waals surface area (Å²) in [6.07, 6.45) is 0.192. The van der Waals surface area contributed by atoms with Gasteiger partial charge in [-0.15, -0.1) is 0 Å². The van der Waals surface area contributed by atoms with Crippen LogP contribution >= 0.6 is 31.9 Å². The number of halogens is 3. The van der Waals surface area contributed by atoms with E-state index in [1.807, 2.05) is 6.92 Å². The first-order chi connectivity index (χ1) is 18.5. The molecule has 0 saturated carbocycles. The molecule has 2 unspecified atom stereocenters. The summed E-state index contributed by atoms with van der Waals surface area (Å²) in [6.45, 7) is 5.48. The number of hydrogen-bond donors (Lipinski definition) is 7. The average molecular weight is 670 g/mol. The summed E-state index contributed by atoms with van der Waals surface area (Å²) in [4.78, 5) is 40.5. The number of guanidine groups is 1. The minimum absolute atomic E-state index is 0.0493. The molecule has 12 nitrogen and oxygen atoms in total. The van der Waals surface area contributed by atoms with Crippen LogP contribution in [0.5, 0.6) is 0 Å². The second kappa shape index (κ2) is 13.9. The van der Waals surface area contributed by atoms with Crippen molar-refractivity contribution in [1.82, 2.24) is 36.8 Å². The number of nitrogens with one attached hydrogen (secondary N) is 6. The lowest BCUT2D eigenvalue weighted by Crippen LogP contribution is -2.46. The highest BCUT2D eigenvalue weighted by Gasteiger charge is 2.19. The molecule has 0 bridgehead atoms. The summed E-state index contributed by atoms with van der Waals surface area (Å²) in [5.41, 5.74) is 1.26. The maximum Gasteiger partial charge on any atom is 0.406 e. The fraction of sp³-hybridized carbons (Fsp3) is 0.292. The predicted molar refractivity (Wildman–Crippen MR) is 150 cm³/mol. The molecule has 0 aliphatic carbocycles. The Morgan fingerprint density at radius 3 is 2.59 bits per heavy atom. The van der Waals surface area contributed by atoms with E-state index in [0.29, 0.717) is 37.5 Å². The van der Waals surface area contributed by atoms with Crippen molar-refractivity contribution >= 4 is 67.5 Å². The Morgan fingerprint density at radius 2 is 1.97 bits per heavy atom. The number of aromatic nitrogens is 2. The lowest BCUT2D eigenvalue weighted by Gasteiger charge is -2.20. The zero-order valence-corrected chi connectivity index (χ0v) is 23.9. The van der Waals surface area contributed by atoms with Gasteiger partial charge in [-0.25, -0.2) is 14.2 Å². The van der Waals surface area contributed by atoms with Crippen LogP contribution in [-0.4, -0.2) is 65.0 Å². The van der Waals surface area contributed by atoms with Gasteiger partial charge in [-0.2, -0.15) is 5.10 Å². The summed E-state index contributed by atoms with van der Waals surface area (Å²) >= 11 is 6.65. The van der Waals surface area contributed by atoms with Gasteiger partial charge in [-0.3, -0.25) is 20.0 Å². The summed E-state index contributed by atoms with van der Waals surface area (Å²) in [7, 11) is 0. The Balaban J connectivity index is 1.67. The van der Waals surface area contributed by atoms with Crippen molar-refractivity contribution in [3.05, 3.63) is 61.6 Å². The Hall–Kier alpha value is -3.72. The quantitative estimate of drug-likeness (QED) is 0.153. The van der Waals surface area contributed by atoms with Gasteiger partial charge in [0, 0.05) is 25.4 Å². The number of carbonyl (C=O) groups is 3. The summed E-state index contributed by atoms with van der Waals surface area (Å²) in [5, 5.41) is 30.4. The number of aliphatic imine (C=N–C) groups is 1. The number of alkyl halides is 1. The molecular weight excluding hydrogens is 643 g/mol. The van der Waals surface area contributed by atoms with Crippen LogP contribution in [-0.2, 0) is 9.59 Å². The number of carboxylic acid groups (broad SMARTS) is 1. The largest absolute Gasteiger partial charge is 0.465 e. The molecule has 1 aliphatic rings. The molecule has 0 spiro atoms. The van der Waals surface area contributed by atoms with E-state index in [4.69, 9.17) is 0 Å². The third-order valence-corrected chi connectivity index (χ3v) is 6.28. The van der Waals surface area contributed by atoms with Crippen LogP contribution in [0.15, 0.2) is 50.5 Å². The molecule has 208 valence electrons. The van der Waals surface area contributed by atoms with Crippen LogP contribution < -0.4 is 37.2 Å². The maximum absolute atomic E-state index is 13.3. The van der Waals surface area contributed by atoms with E-state index in [1.165, 1.54) is 6.08 Å². The number of H-pyrrole nitrogens is 1. The average Bonchev–Trinajstić information content (AvgIpc) is 3.33. The summed E-state index contributed by atoms with van der Waals surface area (Å²) < 4.78 is 14.7. The fourth-order valence-electron chi connectivity index (χ4n) is 3.53. The van der Waals surface area contributed by atoms with Crippen LogP contribution in [0.1, 0.15) is 25.1 Å². The van der Waals surface area contributed by atoms with E-state index in [-0.39, 0.29) is 18.7 Å². The van der Waals surface area contributed by atoms with Crippen LogP contribution in [0, 0.1) is 0 Å². The zero-order valence-electron chi connectivity index (χ0n) is 20.8. The second-order valence-electron chi connectivity index (χ2n) is 8.33. The zero-order chi connectivity index (χ0) is 28.5. The first kappa shape index (κ1) is 29.8. The number of amides is 3. The molecule has 39 heavy (non-hydrogen) atoms. The topological polar surface area (TPSA) is 173 Å². The molecule has 15 heteroatoms. The molecule has 1 aromatic carbocycles. The molecule has 1 aromatic heterocycles. The summed E-state index contributed by atoms with van der Waals surface area (Å²) in [6, 6.07) is 5.05. The molecule has 2 atom stereocenters. The molecule has 0 saturated heterocycles. The molecule has 3 rings (SSSR count). The fourth-order valence-corrected chi connectivity index (χ4v) is 4.86. The first-order valence-electron chi connectivity index (χ1n) is 11.7. The highest BCUT2D eigenvalue weighted by molar-refractivity contribution is 9.11. The molecule has 3 amide bonds. The van der Waals surface area contributed by atoms with Crippen LogP contribution in [0.25, 0.3) is 11.8 Å². The molecule has 1 aliphatic heterocycles. The van der Waals surface area contributed by atoms with Crippen molar-refractivity contribution in [2.45, 2.75) is 25.7 Å². The number of carbonyl (C=O) groups excluding carboxylic acids is 2.